The number of nitrogens with one attached hydrogen (secondary N) is 1. The van der Waals surface area contributed by atoms with Crippen LogP contribution in [0.15, 0.2) is 76.5 Å². The van der Waals surface area contributed by atoms with Gasteiger partial charge in [0.2, 0.25) is 5.88 Å². The number of aromatic amines is 1. The van der Waals surface area contributed by atoms with Crippen LogP contribution < -0.4 is 5.56 Å². The summed E-state index contributed by atoms with van der Waals surface area (Å²) in [5.41, 5.74) is 1.11. The van der Waals surface area contributed by atoms with E-state index in [0.29, 0.717) is 5.69 Å². The van der Waals surface area contributed by atoms with Gasteiger partial charge in [-0.05, 0) is 48.6 Å². The number of benzene rings is 2. The van der Waals surface area contributed by atoms with Crippen LogP contribution in [0.2, 0.25) is 0 Å². The minimum atomic E-state index is -0.459. The van der Waals surface area contributed by atoms with Crippen molar-refractivity contribution in [3.05, 3.63) is 87.4 Å². The maximum atomic E-state index is 12.1. The third kappa shape index (κ3) is 3.81. The molecule has 0 saturated heterocycles. The molecule has 124 valence electrons. The number of para-hydroxylation sites is 2. The number of rotatable bonds is 4. The molecule has 5 nitrogen and oxygen atoms in total. The summed E-state index contributed by atoms with van der Waals surface area (Å²) in [6, 6.07) is 18.5. The molecule has 0 aliphatic carbocycles. The second-order valence-electron chi connectivity index (χ2n) is 5.14. The minimum Gasteiger partial charge on any atom is -0.494 e. The molecule has 0 fully saturated rings. The fourth-order valence-electron chi connectivity index (χ4n) is 2.29. The van der Waals surface area contributed by atoms with E-state index in [2.05, 4.69) is 9.98 Å². The van der Waals surface area contributed by atoms with Gasteiger partial charge in [-0.1, -0.05) is 36.4 Å². The number of allylic oxidation sites excluding steroid dienone is 1. The Kier molecular flexibility index (Phi) is 5.01. The molecular formula is C19H15N3O2S. The van der Waals surface area contributed by atoms with Gasteiger partial charge in [-0.25, -0.2) is 0 Å². The average molecular weight is 349 g/mol. The standard InChI is InChI=1S/C19H15N3O2S/c23-17-16(12-7-13-20-14-8-3-1-4-9-14)18(24)22(19(25)21-17)15-10-5-2-6-11-15/h1-13,24H,(H,21,23,25). The number of hydrogen-bond donors (Lipinski definition) is 2. The molecule has 0 atom stereocenters. The summed E-state index contributed by atoms with van der Waals surface area (Å²) in [6.45, 7) is 0. The van der Waals surface area contributed by atoms with Crippen molar-refractivity contribution >= 4 is 30.2 Å². The maximum absolute atomic E-state index is 12.1. The predicted molar refractivity (Wildman–Crippen MR) is 103 cm³/mol. The van der Waals surface area contributed by atoms with Crippen molar-refractivity contribution in [2.75, 3.05) is 0 Å². The molecule has 1 heterocycles. The van der Waals surface area contributed by atoms with Crippen molar-refractivity contribution in [3.8, 4) is 11.6 Å². The van der Waals surface area contributed by atoms with Crippen LogP contribution in [0.4, 0.5) is 5.69 Å². The molecule has 6 heteroatoms. The fourth-order valence-corrected chi connectivity index (χ4v) is 2.57. The second-order valence-corrected chi connectivity index (χ2v) is 5.53. The summed E-state index contributed by atoms with van der Waals surface area (Å²) in [7, 11) is 0. The Balaban J connectivity index is 1.97. The lowest BCUT2D eigenvalue weighted by Gasteiger charge is -2.10. The first kappa shape index (κ1) is 16.6. The van der Waals surface area contributed by atoms with E-state index >= 15 is 0 Å². The highest BCUT2D eigenvalue weighted by atomic mass is 32.1. The highest BCUT2D eigenvalue weighted by Crippen LogP contribution is 2.20. The fraction of sp³-hybridized carbons (Fsp3) is 0. The van der Waals surface area contributed by atoms with E-state index < -0.39 is 5.56 Å². The zero-order valence-electron chi connectivity index (χ0n) is 13.2. The SMILES string of the molecule is O=c1[nH]c(=S)n(-c2ccccc2)c(O)c1C=CC=Nc1ccccc1. The number of H-pyrrole nitrogens is 1. The van der Waals surface area contributed by atoms with Crippen LogP contribution in [-0.4, -0.2) is 20.9 Å². The van der Waals surface area contributed by atoms with Crippen LogP contribution >= 0.6 is 12.2 Å². The Morgan fingerprint density at radius 3 is 2.36 bits per heavy atom. The van der Waals surface area contributed by atoms with E-state index in [1.165, 1.54) is 10.6 Å². The van der Waals surface area contributed by atoms with Crippen LogP contribution in [0.3, 0.4) is 0 Å². The Morgan fingerprint density at radius 2 is 1.68 bits per heavy atom. The van der Waals surface area contributed by atoms with Crippen molar-refractivity contribution in [3.63, 3.8) is 0 Å². The molecule has 0 aliphatic heterocycles. The summed E-state index contributed by atoms with van der Waals surface area (Å²) in [6.07, 6.45) is 4.65. The van der Waals surface area contributed by atoms with Crippen LogP contribution in [0.5, 0.6) is 5.88 Å². The molecule has 3 rings (SSSR count). The van der Waals surface area contributed by atoms with Gasteiger partial charge in [-0.15, -0.1) is 0 Å². The summed E-state index contributed by atoms with van der Waals surface area (Å²) in [4.78, 5) is 18.9. The summed E-state index contributed by atoms with van der Waals surface area (Å²) >= 11 is 5.16. The van der Waals surface area contributed by atoms with Crippen molar-refractivity contribution in [1.82, 2.24) is 9.55 Å². The Labute approximate surface area is 149 Å². The van der Waals surface area contributed by atoms with Crippen molar-refractivity contribution < 1.29 is 5.11 Å². The van der Waals surface area contributed by atoms with Crippen LogP contribution in [-0.2, 0) is 0 Å². The first-order valence-corrected chi connectivity index (χ1v) is 7.97. The van der Waals surface area contributed by atoms with Gasteiger partial charge in [0.15, 0.2) is 4.77 Å². The van der Waals surface area contributed by atoms with E-state index in [1.54, 1.807) is 24.4 Å². The van der Waals surface area contributed by atoms with Gasteiger partial charge >= 0.3 is 0 Å². The smallest absolute Gasteiger partial charge is 0.262 e. The average Bonchev–Trinajstić information content (AvgIpc) is 2.62. The first-order valence-electron chi connectivity index (χ1n) is 7.56. The van der Waals surface area contributed by atoms with Gasteiger partial charge in [0.05, 0.1) is 11.4 Å². The van der Waals surface area contributed by atoms with E-state index in [1.807, 2.05) is 48.5 Å². The molecule has 3 aromatic rings. The van der Waals surface area contributed by atoms with E-state index in [0.717, 1.165) is 5.69 Å². The topological polar surface area (TPSA) is 70.4 Å². The Bertz CT molecular complexity index is 1040. The summed E-state index contributed by atoms with van der Waals surface area (Å²) in [5, 5.41) is 10.5. The molecule has 2 aromatic carbocycles. The molecule has 0 saturated carbocycles. The van der Waals surface area contributed by atoms with Crippen LogP contribution in [0.1, 0.15) is 5.56 Å². The van der Waals surface area contributed by atoms with Crippen LogP contribution in [0, 0.1) is 4.77 Å². The molecule has 0 aliphatic rings. The number of aliphatic imine (C=N–C) groups is 1. The lowest BCUT2D eigenvalue weighted by Crippen LogP contribution is -2.15. The zero-order chi connectivity index (χ0) is 17.6. The number of aromatic nitrogens is 2. The molecule has 0 unspecified atom stereocenters. The highest BCUT2D eigenvalue weighted by molar-refractivity contribution is 7.71. The molecule has 0 radical (unpaired) electrons. The molecule has 25 heavy (non-hydrogen) atoms. The lowest BCUT2D eigenvalue weighted by atomic mass is 10.2. The third-order valence-electron chi connectivity index (χ3n) is 3.46. The van der Waals surface area contributed by atoms with E-state index in [-0.39, 0.29) is 16.2 Å². The lowest BCUT2D eigenvalue weighted by molar-refractivity contribution is 0.432. The molecular weight excluding hydrogens is 334 g/mol. The normalized spacial score (nSPS) is 11.4. The molecule has 0 spiro atoms. The zero-order valence-corrected chi connectivity index (χ0v) is 14.0. The van der Waals surface area contributed by atoms with Crippen LogP contribution in [0.25, 0.3) is 11.8 Å². The largest absolute Gasteiger partial charge is 0.494 e. The maximum Gasteiger partial charge on any atom is 0.262 e. The number of hydrogen-bond acceptors (Lipinski definition) is 4. The van der Waals surface area contributed by atoms with Gasteiger partial charge in [-0.2, -0.15) is 0 Å². The summed E-state index contributed by atoms with van der Waals surface area (Å²) < 4.78 is 1.54. The van der Waals surface area contributed by atoms with Gasteiger partial charge < -0.3 is 5.11 Å². The quantitative estimate of drug-likeness (QED) is 0.552. The molecule has 0 bridgehead atoms. The highest BCUT2D eigenvalue weighted by Gasteiger charge is 2.11. The molecule has 1 aromatic heterocycles. The summed E-state index contributed by atoms with van der Waals surface area (Å²) in [5.74, 6) is -0.218. The monoisotopic (exact) mass is 349 g/mol. The predicted octanol–water partition coefficient (Wildman–Crippen LogP) is 4.02. The van der Waals surface area contributed by atoms with Crippen molar-refractivity contribution in [2.45, 2.75) is 0 Å². The Hall–Kier alpha value is -3.25. The van der Waals surface area contributed by atoms with E-state index in [4.69, 9.17) is 12.2 Å². The van der Waals surface area contributed by atoms with Gasteiger partial charge in [-0.3, -0.25) is 19.3 Å². The third-order valence-corrected chi connectivity index (χ3v) is 3.75. The van der Waals surface area contributed by atoms with Gasteiger partial charge in [0, 0.05) is 6.21 Å². The number of aromatic hydroxyl groups is 1. The van der Waals surface area contributed by atoms with Gasteiger partial charge in [0.1, 0.15) is 5.56 Å². The Morgan fingerprint density at radius 1 is 1.04 bits per heavy atom. The molecule has 0 amide bonds. The van der Waals surface area contributed by atoms with Crippen molar-refractivity contribution in [2.24, 2.45) is 4.99 Å². The number of nitrogens with zero attached hydrogens (tertiary/aromatic N) is 2. The van der Waals surface area contributed by atoms with Crippen molar-refractivity contribution in [1.29, 1.82) is 0 Å². The van der Waals surface area contributed by atoms with Gasteiger partial charge in [0.25, 0.3) is 5.56 Å². The first-order chi connectivity index (χ1) is 12.2. The second kappa shape index (κ2) is 7.55. The minimum absolute atomic E-state index is 0.108. The van der Waals surface area contributed by atoms with E-state index in [9.17, 15) is 9.90 Å². The molecule has 2 N–H and O–H groups in total.